The van der Waals surface area contributed by atoms with Gasteiger partial charge >= 0.3 is 4.87 Å². The minimum absolute atomic E-state index is 0.0206. The zero-order valence-corrected chi connectivity index (χ0v) is 21.5. The predicted octanol–water partition coefficient (Wildman–Crippen LogP) is 4.07. The third kappa shape index (κ3) is 4.69. The molecule has 1 amide bonds. The van der Waals surface area contributed by atoms with Gasteiger partial charge in [-0.1, -0.05) is 42.5 Å². The molecule has 1 fully saturated rings. The molecular formula is C26H31N3O4S2. The van der Waals surface area contributed by atoms with Gasteiger partial charge in [-0.2, -0.15) is 4.31 Å². The van der Waals surface area contributed by atoms with Crippen molar-refractivity contribution in [3.8, 4) is 0 Å². The van der Waals surface area contributed by atoms with Crippen LogP contribution < -0.4 is 10.2 Å². The SMILES string of the molecule is CCCn1c(=O)sc2cc(S(=O)(=O)N3CCC(C(=O)NC4CCCc5ccccc54)CC3)ccc21. The highest BCUT2D eigenvalue weighted by atomic mass is 32.2. The van der Waals surface area contributed by atoms with Crippen LogP contribution >= 0.6 is 11.3 Å². The van der Waals surface area contributed by atoms with E-state index in [0.29, 0.717) is 37.2 Å². The van der Waals surface area contributed by atoms with Gasteiger partial charge < -0.3 is 5.32 Å². The number of thiazole rings is 1. The molecule has 3 aromatic rings. The van der Waals surface area contributed by atoms with Gasteiger partial charge in [-0.05, 0) is 67.9 Å². The van der Waals surface area contributed by atoms with Crippen LogP contribution in [0.25, 0.3) is 10.2 Å². The van der Waals surface area contributed by atoms with E-state index >= 15 is 0 Å². The first kappa shape index (κ1) is 24.2. The summed E-state index contributed by atoms with van der Waals surface area (Å²) in [4.78, 5) is 25.5. The Labute approximate surface area is 209 Å². The Bertz CT molecular complexity index is 1400. The summed E-state index contributed by atoms with van der Waals surface area (Å²) in [7, 11) is -3.69. The van der Waals surface area contributed by atoms with E-state index in [4.69, 9.17) is 0 Å². The van der Waals surface area contributed by atoms with Crippen LogP contribution in [0.3, 0.4) is 0 Å². The van der Waals surface area contributed by atoms with E-state index in [0.717, 1.165) is 42.5 Å². The lowest BCUT2D eigenvalue weighted by molar-refractivity contribution is -0.127. The topological polar surface area (TPSA) is 88.5 Å². The molecule has 2 aromatic carbocycles. The highest BCUT2D eigenvalue weighted by molar-refractivity contribution is 7.89. The van der Waals surface area contributed by atoms with Crippen LogP contribution in [0, 0.1) is 5.92 Å². The number of benzene rings is 2. The van der Waals surface area contributed by atoms with Gasteiger partial charge in [0.15, 0.2) is 0 Å². The number of aryl methyl sites for hydroxylation is 2. The molecule has 1 atom stereocenters. The Morgan fingerprint density at radius 1 is 1.11 bits per heavy atom. The van der Waals surface area contributed by atoms with Crippen molar-refractivity contribution < 1.29 is 13.2 Å². The van der Waals surface area contributed by atoms with Gasteiger partial charge in [0, 0.05) is 25.6 Å². The number of aromatic nitrogens is 1. The fourth-order valence-corrected chi connectivity index (χ4v) is 7.87. The monoisotopic (exact) mass is 513 g/mol. The Morgan fingerprint density at radius 3 is 2.66 bits per heavy atom. The van der Waals surface area contributed by atoms with Crippen molar-refractivity contribution in [3.05, 3.63) is 63.3 Å². The molecule has 186 valence electrons. The standard InChI is InChI=1S/C26H31N3O4S2/c1-2-14-29-23-11-10-20(17-24(23)34-26(29)31)35(32,33)28-15-12-19(13-16-28)25(30)27-22-9-5-7-18-6-3-4-8-21(18)22/h3-4,6,8,10-11,17,19,22H,2,5,7,9,12-16H2,1H3,(H,27,30). The summed E-state index contributed by atoms with van der Waals surface area (Å²) in [5.74, 6) is -0.168. The maximum absolute atomic E-state index is 13.3. The number of piperidine rings is 1. The number of hydrogen-bond donors (Lipinski definition) is 1. The highest BCUT2D eigenvalue weighted by Gasteiger charge is 2.33. The first-order valence-corrected chi connectivity index (χ1v) is 14.7. The van der Waals surface area contributed by atoms with Crippen molar-refractivity contribution in [2.45, 2.75) is 62.9 Å². The lowest BCUT2D eigenvalue weighted by Crippen LogP contribution is -2.44. The number of amides is 1. The first-order chi connectivity index (χ1) is 16.9. The fourth-order valence-electron chi connectivity index (χ4n) is 5.34. The molecule has 2 heterocycles. The summed E-state index contributed by atoms with van der Waals surface area (Å²) in [5.41, 5.74) is 3.29. The third-order valence-electron chi connectivity index (χ3n) is 7.24. The number of sulfonamides is 1. The second-order valence-electron chi connectivity index (χ2n) is 9.48. The zero-order valence-electron chi connectivity index (χ0n) is 19.9. The summed E-state index contributed by atoms with van der Waals surface area (Å²) in [6, 6.07) is 13.3. The predicted molar refractivity (Wildman–Crippen MR) is 138 cm³/mol. The average molecular weight is 514 g/mol. The summed E-state index contributed by atoms with van der Waals surface area (Å²) < 4.78 is 30.5. The lowest BCUT2D eigenvalue weighted by atomic mass is 9.87. The van der Waals surface area contributed by atoms with Crippen molar-refractivity contribution in [1.29, 1.82) is 0 Å². The van der Waals surface area contributed by atoms with Crippen LogP contribution in [-0.4, -0.2) is 36.3 Å². The number of nitrogens with zero attached hydrogens (tertiary/aromatic N) is 2. The minimum atomic E-state index is -3.69. The van der Waals surface area contributed by atoms with E-state index in [1.165, 1.54) is 15.4 Å². The molecule has 0 saturated carbocycles. The zero-order chi connectivity index (χ0) is 24.6. The molecule has 5 rings (SSSR count). The molecule has 1 N–H and O–H groups in total. The van der Waals surface area contributed by atoms with Crippen molar-refractivity contribution in [3.63, 3.8) is 0 Å². The van der Waals surface area contributed by atoms with Crippen LogP contribution in [0.1, 0.15) is 56.2 Å². The third-order valence-corrected chi connectivity index (χ3v) is 10.1. The number of hydrogen-bond acceptors (Lipinski definition) is 5. The van der Waals surface area contributed by atoms with Gasteiger partial charge in [0.1, 0.15) is 0 Å². The number of fused-ring (bicyclic) bond motifs is 2. The molecule has 9 heteroatoms. The molecule has 2 aliphatic rings. The molecule has 1 aliphatic heterocycles. The van der Waals surface area contributed by atoms with Crippen molar-refractivity contribution in [1.82, 2.24) is 14.2 Å². The van der Waals surface area contributed by atoms with Crippen molar-refractivity contribution in [2.24, 2.45) is 5.92 Å². The van der Waals surface area contributed by atoms with E-state index in [9.17, 15) is 18.0 Å². The molecule has 7 nitrogen and oxygen atoms in total. The Balaban J connectivity index is 1.25. The van der Waals surface area contributed by atoms with E-state index in [-0.39, 0.29) is 27.6 Å². The molecule has 1 saturated heterocycles. The number of carbonyl (C=O) groups is 1. The largest absolute Gasteiger partial charge is 0.349 e. The first-order valence-electron chi connectivity index (χ1n) is 12.4. The molecule has 1 aliphatic carbocycles. The molecule has 0 radical (unpaired) electrons. The van der Waals surface area contributed by atoms with Gasteiger partial charge in [-0.25, -0.2) is 8.42 Å². The van der Waals surface area contributed by atoms with E-state index in [2.05, 4.69) is 17.4 Å². The number of rotatable bonds is 6. The molecule has 1 unspecified atom stereocenters. The van der Waals surface area contributed by atoms with Gasteiger partial charge in [0.2, 0.25) is 15.9 Å². The summed E-state index contributed by atoms with van der Waals surface area (Å²) in [5, 5.41) is 3.23. The summed E-state index contributed by atoms with van der Waals surface area (Å²) in [6.45, 7) is 3.25. The van der Waals surface area contributed by atoms with Gasteiger partial charge in [0.05, 0.1) is 21.2 Å². The molecular weight excluding hydrogens is 482 g/mol. The Kier molecular flexibility index (Phi) is 6.83. The van der Waals surface area contributed by atoms with E-state index < -0.39 is 10.0 Å². The molecule has 1 aromatic heterocycles. The Morgan fingerprint density at radius 2 is 1.89 bits per heavy atom. The summed E-state index contributed by atoms with van der Waals surface area (Å²) in [6.07, 6.45) is 4.88. The summed E-state index contributed by atoms with van der Waals surface area (Å²) >= 11 is 1.08. The quantitative estimate of drug-likeness (QED) is 0.538. The van der Waals surface area contributed by atoms with Crippen LogP contribution in [-0.2, 0) is 27.8 Å². The molecule has 35 heavy (non-hydrogen) atoms. The van der Waals surface area contributed by atoms with E-state index in [1.807, 2.05) is 19.1 Å². The second kappa shape index (κ2) is 9.87. The lowest BCUT2D eigenvalue weighted by Gasteiger charge is -2.32. The van der Waals surface area contributed by atoms with Crippen LogP contribution in [0.4, 0.5) is 0 Å². The van der Waals surface area contributed by atoms with Gasteiger partial charge in [-0.15, -0.1) is 0 Å². The Hall–Kier alpha value is -2.49. The molecule has 0 spiro atoms. The van der Waals surface area contributed by atoms with Gasteiger partial charge in [0.25, 0.3) is 0 Å². The van der Waals surface area contributed by atoms with Crippen molar-refractivity contribution >= 4 is 37.5 Å². The van der Waals surface area contributed by atoms with E-state index in [1.54, 1.807) is 22.8 Å². The smallest absolute Gasteiger partial charge is 0.308 e. The average Bonchev–Trinajstić information content (AvgIpc) is 3.18. The number of nitrogens with one attached hydrogen (secondary N) is 1. The van der Waals surface area contributed by atoms with Crippen LogP contribution in [0.15, 0.2) is 52.2 Å². The fraction of sp³-hybridized carbons (Fsp3) is 0.462. The highest BCUT2D eigenvalue weighted by Crippen LogP contribution is 2.31. The maximum atomic E-state index is 13.3. The second-order valence-corrected chi connectivity index (χ2v) is 12.4. The van der Waals surface area contributed by atoms with Gasteiger partial charge in [-0.3, -0.25) is 14.2 Å². The minimum Gasteiger partial charge on any atom is -0.349 e. The number of carbonyl (C=O) groups excluding carboxylic acids is 1. The van der Waals surface area contributed by atoms with Crippen LogP contribution in [0.2, 0.25) is 0 Å². The normalized spacial score (nSPS) is 19.5. The molecule has 0 bridgehead atoms. The maximum Gasteiger partial charge on any atom is 0.308 e. The van der Waals surface area contributed by atoms with Crippen molar-refractivity contribution in [2.75, 3.05) is 13.1 Å². The van der Waals surface area contributed by atoms with Crippen LogP contribution in [0.5, 0.6) is 0 Å².